The summed E-state index contributed by atoms with van der Waals surface area (Å²) in [7, 11) is 0. The van der Waals surface area contributed by atoms with Crippen molar-refractivity contribution in [1.29, 1.82) is 0 Å². The Morgan fingerprint density at radius 1 is 0.362 bits per heavy atom. The first kappa shape index (κ1) is 21.5. The molecule has 10 aromatic rings. The van der Waals surface area contributed by atoms with E-state index < -0.39 is 6.04 Å². The largest absolute Gasteiger partial charge is 0.456 e. The number of furan rings is 1. The van der Waals surface area contributed by atoms with E-state index in [1.54, 1.807) is 0 Å². The molecule has 47 heavy (non-hydrogen) atoms. The maximum atomic E-state index is 8.75. The van der Waals surface area contributed by atoms with Gasteiger partial charge in [0, 0.05) is 10.8 Å². The summed E-state index contributed by atoms with van der Waals surface area (Å²) in [5, 5.41) is 10.7. The van der Waals surface area contributed by atoms with Crippen LogP contribution in [0.5, 0.6) is 0 Å². The quantitative estimate of drug-likeness (QED) is 0.184. The molecule has 0 N–H and O–H groups in total. The molecule has 0 spiro atoms. The van der Waals surface area contributed by atoms with Gasteiger partial charge in [-0.05, 0) is 88.6 Å². The summed E-state index contributed by atoms with van der Waals surface area (Å²) < 4.78 is 48.9. The molecule has 218 valence electrons. The molecule has 0 bridgehead atoms. The van der Waals surface area contributed by atoms with Gasteiger partial charge in [-0.2, -0.15) is 0 Å². The third kappa shape index (κ3) is 3.84. The van der Waals surface area contributed by atoms with E-state index in [0.717, 1.165) is 87.3 Å². The van der Waals surface area contributed by atoms with Gasteiger partial charge in [-0.15, -0.1) is 0 Å². The van der Waals surface area contributed by atoms with Crippen LogP contribution in [0, 0.1) is 0 Å². The lowest BCUT2D eigenvalue weighted by molar-refractivity contribution is 0.669. The van der Waals surface area contributed by atoms with E-state index in [1.807, 2.05) is 30.3 Å². The highest BCUT2D eigenvalue weighted by Gasteiger charge is 2.22. The Morgan fingerprint density at radius 3 is 1.57 bits per heavy atom. The van der Waals surface area contributed by atoms with Crippen molar-refractivity contribution in [3.05, 3.63) is 170 Å². The molecule has 0 aliphatic carbocycles. The number of hydrogen-bond acceptors (Lipinski definition) is 1. The first-order valence-electron chi connectivity index (χ1n) is 18.3. The zero-order chi connectivity index (χ0) is 35.2. The van der Waals surface area contributed by atoms with E-state index in [1.165, 1.54) is 0 Å². The molecule has 1 heteroatoms. The SMILES string of the molecule is [2H]c1c([2H])c([2H])c(-c2ccc(-c3c4ccccc4c(-c4cccc5oc6ccc7ccccc7c6c45)c4ccccc34)c3ccccc23)c([2H])c1[2H]. The van der Waals surface area contributed by atoms with Crippen molar-refractivity contribution in [2.45, 2.75) is 0 Å². The summed E-state index contributed by atoms with van der Waals surface area (Å²) in [6.45, 7) is 0. The highest BCUT2D eigenvalue weighted by Crippen LogP contribution is 2.49. The molecular formula is C46H28O. The predicted octanol–water partition coefficient (Wildman–Crippen LogP) is 13.2. The summed E-state index contributed by atoms with van der Waals surface area (Å²) in [6, 6.07) is 46.5. The van der Waals surface area contributed by atoms with Crippen LogP contribution in [0.15, 0.2) is 174 Å². The summed E-state index contributed by atoms with van der Waals surface area (Å²) in [6.07, 6.45) is 0. The predicted molar refractivity (Wildman–Crippen MR) is 200 cm³/mol. The fourth-order valence-corrected chi connectivity index (χ4v) is 7.62. The summed E-state index contributed by atoms with van der Waals surface area (Å²) >= 11 is 0. The Labute approximate surface area is 279 Å². The van der Waals surface area contributed by atoms with Crippen LogP contribution in [0.2, 0.25) is 0 Å². The Hall–Kier alpha value is -6.18. The Morgan fingerprint density at radius 2 is 0.894 bits per heavy atom. The Kier molecular flexibility index (Phi) is 4.66. The molecule has 0 saturated heterocycles. The van der Waals surface area contributed by atoms with Crippen LogP contribution >= 0.6 is 0 Å². The van der Waals surface area contributed by atoms with Gasteiger partial charge >= 0.3 is 0 Å². The van der Waals surface area contributed by atoms with Crippen molar-refractivity contribution >= 4 is 65.0 Å². The van der Waals surface area contributed by atoms with Gasteiger partial charge in [0.2, 0.25) is 0 Å². The molecule has 0 unspecified atom stereocenters. The zero-order valence-corrected chi connectivity index (χ0v) is 25.2. The van der Waals surface area contributed by atoms with E-state index in [9.17, 15) is 0 Å². The Bertz CT molecular complexity index is 3050. The molecule has 0 saturated carbocycles. The first-order valence-corrected chi connectivity index (χ1v) is 15.8. The van der Waals surface area contributed by atoms with Crippen LogP contribution in [-0.2, 0) is 0 Å². The van der Waals surface area contributed by atoms with Crippen LogP contribution < -0.4 is 0 Å². The number of benzene rings is 9. The fraction of sp³-hybridized carbons (Fsp3) is 0. The second-order valence-electron chi connectivity index (χ2n) is 12.0. The molecule has 9 aromatic carbocycles. The second-order valence-corrected chi connectivity index (χ2v) is 12.0. The molecule has 0 aliphatic rings. The van der Waals surface area contributed by atoms with Gasteiger partial charge in [-0.3, -0.25) is 0 Å². The summed E-state index contributed by atoms with van der Waals surface area (Å²) in [5.41, 5.74) is 6.83. The third-order valence-corrected chi connectivity index (χ3v) is 9.55. The van der Waals surface area contributed by atoms with Crippen molar-refractivity contribution in [2.75, 3.05) is 0 Å². The molecule has 1 aromatic heterocycles. The molecule has 1 heterocycles. The van der Waals surface area contributed by atoms with Gasteiger partial charge in [-0.25, -0.2) is 0 Å². The van der Waals surface area contributed by atoms with Crippen LogP contribution in [0.25, 0.3) is 98.4 Å². The van der Waals surface area contributed by atoms with Crippen molar-refractivity contribution in [1.82, 2.24) is 0 Å². The zero-order valence-electron chi connectivity index (χ0n) is 30.2. The molecule has 0 atom stereocenters. The second kappa shape index (κ2) is 10.2. The van der Waals surface area contributed by atoms with Crippen LogP contribution in [-0.4, -0.2) is 0 Å². The standard InChI is InChI=1S/C46H28O/c1-2-13-29(14-3-1)31-26-27-39(34-18-7-6-17-33(31)34)43-35-19-8-10-21-37(35)44(38-22-11-9-20-36(38)43)40-23-12-24-41-46(40)45-32-16-5-4-15-30(32)25-28-42(45)47-41/h1-28H/i1D,2D,3D,13D,14D. The van der Waals surface area contributed by atoms with Gasteiger partial charge in [0.25, 0.3) is 0 Å². The maximum Gasteiger partial charge on any atom is 0.136 e. The molecule has 0 aliphatic heterocycles. The molecule has 10 rings (SSSR count). The van der Waals surface area contributed by atoms with Gasteiger partial charge < -0.3 is 4.42 Å². The summed E-state index contributed by atoms with van der Waals surface area (Å²) in [4.78, 5) is 0. The van der Waals surface area contributed by atoms with Crippen molar-refractivity contribution in [3.63, 3.8) is 0 Å². The third-order valence-electron chi connectivity index (χ3n) is 9.55. The van der Waals surface area contributed by atoms with Gasteiger partial charge in [0.1, 0.15) is 11.2 Å². The Balaban J connectivity index is 1.32. The average Bonchev–Trinajstić information content (AvgIpc) is 3.58. The fourth-order valence-electron chi connectivity index (χ4n) is 7.62. The lowest BCUT2D eigenvalue weighted by Crippen LogP contribution is -1.93. The molecule has 0 fully saturated rings. The maximum absolute atomic E-state index is 8.75. The number of rotatable bonds is 3. The van der Waals surface area contributed by atoms with E-state index in [2.05, 4.69) is 109 Å². The van der Waals surface area contributed by atoms with Crippen LogP contribution in [0.4, 0.5) is 0 Å². The average molecular weight is 602 g/mol. The number of fused-ring (bicyclic) bond motifs is 8. The van der Waals surface area contributed by atoms with E-state index >= 15 is 0 Å². The lowest BCUT2D eigenvalue weighted by Gasteiger charge is -2.20. The van der Waals surface area contributed by atoms with Crippen molar-refractivity contribution in [2.24, 2.45) is 0 Å². The number of hydrogen-bond donors (Lipinski definition) is 0. The highest BCUT2D eigenvalue weighted by atomic mass is 16.3. The van der Waals surface area contributed by atoms with Gasteiger partial charge in [0.05, 0.1) is 6.85 Å². The minimum Gasteiger partial charge on any atom is -0.456 e. The minimum atomic E-state index is -0.398. The van der Waals surface area contributed by atoms with Crippen molar-refractivity contribution in [3.8, 4) is 33.4 Å². The first-order chi connectivity index (χ1) is 25.4. The molecule has 0 amide bonds. The monoisotopic (exact) mass is 601 g/mol. The van der Waals surface area contributed by atoms with E-state index in [-0.39, 0.29) is 29.7 Å². The topological polar surface area (TPSA) is 13.1 Å². The molecule has 0 radical (unpaired) electrons. The summed E-state index contributed by atoms with van der Waals surface area (Å²) in [5.74, 6) is 0. The molecular weight excluding hydrogens is 569 g/mol. The highest BCUT2D eigenvalue weighted by molar-refractivity contribution is 6.29. The lowest BCUT2D eigenvalue weighted by atomic mass is 9.83. The van der Waals surface area contributed by atoms with Crippen molar-refractivity contribution < 1.29 is 11.3 Å². The van der Waals surface area contributed by atoms with Gasteiger partial charge in [-0.1, -0.05) is 158 Å². The van der Waals surface area contributed by atoms with Gasteiger partial charge in [0.15, 0.2) is 0 Å². The van der Waals surface area contributed by atoms with E-state index in [0.29, 0.717) is 5.56 Å². The molecule has 1 nitrogen and oxygen atoms in total. The minimum absolute atomic E-state index is 0.201. The van der Waals surface area contributed by atoms with Crippen LogP contribution in [0.3, 0.4) is 0 Å². The van der Waals surface area contributed by atoms with Crippen LogP contribution in [0.1, 0.15) is 6.85 Å². The smallest absolute Gasteiger partial charge is 0.136 e. The normalized spacial score (nSPS) is 13.3. The van der Waals surface area contributed by atoms with E-state index in [4.69, 9.17) is 11.3 Å².